The van der Waals surface area contributed by atoms with Crippen LogP contribution in [-0.4, -0.2) is 17.6 Å². The van der Waals surface area contributed by atoms with E-state index < -0.39 is 5.91 Å². The van der Waals surface area contributed by atoms with Gasteiger partial charge >= 0.3 is 0 Å². The van der Waals surface area contributed by atoms with Crippen molar-refractivity contribution in [1.82, 2.24) is 0 Å². The molecule has 0 aliphatic rings. The highest BCUT2D eigenvalue weighted by Gasteiger charge is 1.74. The summed E-state index contributed by atoms with van der Waals surface area (Å²) in [5.74, 6) is 12.6. The highest BCUT2D eigenvalue weighted by molar-refractivity contribution is 5.92. The normalized spacial score (nSPS) is 5.55. The number of nitrogens with two attached hydrogens (primary N) is 1. The van der Waals surface area contributed by atoms with Crippen molar-refractivity contribution >= 4 is 5.91 Å². The minimum atomic E-state index is -0.727. The molecular weight excluding hydrogens is 142 g/mol. The van der Waals surface area contributed by atoms with Gasteiger partial charge in [-0.05, 0) is 23.7 Å². The van der Waals surface area contributed by atoms with Gasteiger partial charge in [0.15, 0.2) is 0 Å². The average molecular weight is 147 g/mol. The largest absolute Gasteiger partial charge is 0.384 e. The Balaban J connectivity index is 3.94. The summed E-state index contributed by atoms with van der Waals surface area (Å²) in [4.78, 5) is 9.99. The summed E-state index contributed by atoms with van der Waals surface area (Å²) in [6.07, 6.45) is 0. The van der Waals surface area contributed by atoms with Crippen molar-refractivity contribution in [3.8, 4) is 35.5 Å². The smallest absolute Gasteiger partial charge is 0.294 e. The Bertz CT molecular complexity index is 311. The van der Waals surface area contributed by atoms with Crippen LogP contribution in [0.1, 0.15) is 0 Å². The van der Waals surface area contributed by atoms with Crippen molar-refractivity contribution in [3.05, 3.63) is 0 Å². The lowest BCUT2D eigenvalue weighted by molar-refractivity contribution is -0.112. The number of carbonyl (C=O) groups excluding carboxylic acids is 1. The second kappa shape index (κ2) is 6.23. The van der Waals surface area contributed by atoms with E-state index in [0.717, 1.165) is 0 Å². The van der Waals surface area contributed by atoms with Gasteiger partial charge in [-0.2, -0.15) is 0 Å². The van der Waals surface area contributed by atoms with Crippen LogP contribution in [-0.2, 0) is 4.79 Å². The third kappa shape index (κ3) is 8.11. The number of aliphatic hydroxyl groups excluding tert-OH is 1. The van der Waals surface area contributed by atoms with Gasteiger partial charge in [-0.15, -0.1) is 0 Å². The molecule has 0 saturated heterocycles. The molecule has 0 fully saturated rings. The van der Waals surface area contributed by atoms with Crippen LogP contribution in [0.5, 0.6) is 0 Å². The molecule has 0 rings (SSSR count). The number of aliphatic hydroxyl groups is 1. The van der Waals surface area contributed by atoms with E-state index in [-0.39, 0.29) is 6.61 Å². The summed E-state index contributed by atoms with van der Waals surface area (Å²) in [6.45, 7) is -0.238. The minimum Gasteiger partial charge on any atom is -0.384 e. The number of amides is 1. The molecule has 0 aliphatic heterocycles. The molecule has 0 unspecified atom stereocenters. The Labute approximate surface area is 64.6 Å². The Hall–Kier alpha value is -1.89. The zero-order chi connectivity index (χ0) is 8.53. The molecule has 11 heavy (non-hydrogen) atoms. The van der Waals surface area contributed by atoms with Gasteiger partial charge in [0.1, 0.15) is 6.61 Å². The Morgan fingerprint density at radius 2 is 1.91 bits per heavy atom. The van der Waals surface area contributed by atoms with E-state index in [1.165, 1.54) is 0 Å². The Morgan fingerprint density at radius 3 is 2.45 bits per heavy atom. The van der Waals surface area contributed by atoms with Crippen LogP contribution in [0.15, 0.2) is 0 Å². The molecule has 0 atom stereocenters. The van der Waals surface area contributed by atoms with E-state index in [0.29, 0.717) is 0 Å². The van der Waals surface area contributed by atoms with Crippen LogP contribution >= 0.6 is 0 Å². The van der Waals surface area contributed by atoms with Crippen LogP contribution in [0.3, 0.4) is 0 Å². The summed E-state index contributed by atoms with van der Waals surface area (Å²) in [7, 11) is 0. The van der Waals surface area contributed by atoms with Gasteiger partial charge in [-0.1, -0.05) is 5.92 Å². The fourth-order valence-corrected chi connectivity index (χ4v) is 0.239. The zero-order valence-corrected chi connectivity index (χ0v) is 5.64. The van der Waals surface area contributed by atoms with Crippen molar-refractivity contribution < 1.29 is 9.90 Å². The topological polar surface area (TPSA) is 63.3 Å². The summed E-state index contributed by atoms with van der Waals surface area (Å²) < 4.78 is 0. The molecule has 54 valence electrons. The number of primary amides is 1. The number of hydrogen-bond donors (Lipinski definition) is 2. The lowest BCUT2D eigenvalue weighted by Gasteiger charge is -1.65. The summed E-state index contributed by atoms with van der Waals surface area (Å²) >= 11 is 0. The highest BCUT2D eigenvalue weighted by atomic mass is 16.2. The Kier molecular flexibility index (Phi) is 5.16. The second-order valence-corrected chi connectivity index (χ2v) is 1.32. The molecule has 0 bridgehead atoms. The molecule has 0 aromatic heterocycles. The average Bonchev–Trinajstić information content (AvgIpc) is 1.96. The van der Waals surface area contributed by atoms with Gasteiger partial charge < -0.3 is 10.8 Å². The molecule has 0 spiro atoms. The molecular formula is C8H5NO2. The van der Waals surface area contributed by atoms with Crippen LogP contribution in [0.4, 0.5) is 0 Å². The van der Waals surface area contributed by atoms with Gasteiger partial charge in [-0.3, -0.25) is 4.79 Å². The lowest BCUT2D eigenvalue weighted by Crippen LogP contribution is -2.05. The first-order valence-corrected chi connectivity index (χ1v) is 2.66. The third-order valence-electron chi connectivity index (χ3n) is 0.541. The molecule has 3 nitrogen and oxygen atoms in total. The lowest BCUT2D eigenvalue weighted by atomic mass is 10.5. The SMILES string of the molecule is NC(=O)C#CC#CC#CCO. The number of carbonyl (C=O) groups is 1. The van der Waals surface area contributed by atoms with Gasteiger partial charge in [-0.25, -0.2) is 0 Å². The summed E-state index contributed by atoms with van der Waals surface area (Å²) in [5, 5.41) is 8.16. The van der Waals surface area contributed by atoms with Crippen molar-refractivity contribution in [2.75, 3.05) is 6.61 Å². The van der Waals surface area contributed by atoms with E-state index >= 15 is 0 Å². The second-order valence-electron chi connectivity index (χ2n) is 1.32. The molecule has 1 amide bonds. The number of rotatable bonds is 0. The fourth-order valence-electron chi connectivity index (χ4n) is 0.239. The fraction of sp³-hybridized carbons (Fsp3) is 0.125. The third-order valence-corrected chi connectivity index (χ3v) is 0.541. The van der Waals surface area contributed by atoms with Crippen LogP contribution in [0.2, 0.25) is 0 Å². The molecule has 3 heteroatoms. The van der Waals surface area contributed by atoms with Gasteiger partial charge in [0, 0.05) is 5.92 Å². The first-order chi connectivity index (χ1) is 5.27. The molecule has 0 radical (unpaired) electrons. The first-order valence-electron chi connectivity index (χ1n) is 2.66. The number of hydrogen-bond acceptors (Lipinski definition) is 2. The molecule has 0 aliphatic carbocycles. The van der Waals surface area contributed by atoms with E-state index in [4.69, 9.17) is 5.11 Å². The molecule has 0 saturated carbocycles. The van der Waals surface area contributed by atoms with Gasteiger partial charge in [0.2, 0.25) is 0 Å². The summed E-state index contributed by atoms with van der Waals surface area (Å²) in [5.41, 5.74) is 4.68. The first kappa shape index (κ1) is 9.11. The maximum atomic E-state index is 9.99. The quantitative estimate of drug-likeness (QED) is 0.408. The monoisotopic (exact) mass is 147 g/mol. The van der Waals surface area contributed by atoms with E-state index in [9.17, 15) is 4.79 Å². The van der Waals surface area contributed by atoms with Crippen LogP contribution < -0.4 is 5.73 Å². The molecule has 0 heterocycles. The molecule has 0 aromatic rings. The Morgan fingerprint density at radius 1 is 1.27 bits per heavy atom. The molecule has 3 N–H and O–H groups in total. The predicted octanol–water partition coefficient (Wildman–Crippen LogP) is -1.53. The van der Waals surface area contributed by atoms with Crippen LogP contribution in [0.25, 0.3) is 0 Å². The maximum Gasteiger partial charge on any atom is 0.294 e. The van der Waals surface area contributed by atoms with E-state index in [1.54, 1.807) is 0 Å². The van der Waals surface area contributed by atoms with E-state index in [2.05, 4.69) is 35.3 Å². The van der Waals surface area contributed by atoms with Gasteiger partial charge in [0.25, 0.3) is 5.91 Å². The highest BCUT2D eigenvalue weighted by Crippen LogP contribution is 1.55. The summed E-state index contributed by atoms with van der Waals surface area (Å²) in [6, 6.07) is 0. The van der Waals surface area contributed by atoms with Crippen molar-refractivity contribution in [2.45, 2.75) is 0 Å². The van der Waals surface area contributed by atoms with Crippen molar-refractivity contribution in [2.24, 2.45) is 5.73 Å². The van der Waals surface area contributed by atoms with Crippen molar-refractivity contribution in [3.63, 3.8) is 0 Å². The van der Waals surface area contributed by atoms with E-state index in [1.807, 2.05) is 5.92 Å². The predicted molar refractivity (Wildman–Crippen MR) is 39.6 cm³/mol. The zero-order valence-electron chi connectivity index (χ0n) is 5.64. The molecule has 0 aromatic carbocycles. The van der Waals surface area contributed by atoms with Crippen LogP contribution in [0, 0.1) is 35.5 Å². The maximum absolute atomic E-state index is 9.99. The minimum absolute atomic E-state index is 0.238. The van der Waals surface area contributed by atoms with Gasteiger partial charge in [0.05, 0.1) is 0 Å². The standard InChI is InChI=1S/C8H5NO2/c9-8(11)6-4-2-1-3-5-7-10/h10H,7H2,(H2,9,11). The van der Waals surface area contributed by atoms with Crippen molar-refractivity contribution in [1.29, 1.82) is 0 Å².